The zero-order valence-electron chi connectivity index (χ0n) is 7.68. The van der Waals surface area contributed by atoms with Crippen LogP contribution < -0.4 is 14.2 Å². The van der Waals surface area contributed by atoms with Crippen LogP contribution in [0.2, 0.25) is 0 Å². The van der Waals surface area contributed by atoms with Crippen LogP contribution in [-0.2, 0) is 0 Å². The Morgan fingerprint density at radius 2 is 1.69 bits per heavy atom. The largest absolute Gasteiger partial charge is 0.493 e. The van der Waals surface area contributed by atoms with Crippen molar-refractivity contribution in [2.75, 3.05) is 21.3 Å². The van der Waals surface area contributed by atoms with Gasteiger partial charge in [-0.05, 0) is 22.0 Å². The molecular weight excluding hydrogens is 236 g/mol. The summed E-state index contributed by atoms with van der Waals surface area (Å²) in [6.07, 6.45) is 0. The first-order valence-corrected chi connectivity index (χ1v) is 4.40. The molecule has 0 spiro atoms. The molecule has 0 aliphatic heterocycles. The smallest absolute Gasteiger partial charge is 0.204 e. The zero-order valence-corrected chi connectivity index (χ0v) is 9.27. The molecule has 1 radical (unpaired) electrons. The summed E-state index contributed by atoms with van der Waals surface area (Å²) in [6, 6.07) is 4.62. The fraction of sp³-hybridized carbons (Fsp3) is 0.333. The highest BCUT2D eigenvalue weighted by Crippen LogP contribution is 2.41. The topological polar surface area (TPSA) is 27.7 Å². The fourth-order valence-corrected chi connectivity index (χ4v) is 1.46. The molecule has 0 aliphatic rings. The van der Waals surface area contributed by atoms with Crippen molar-refractivity contribution in [2.24, 2.45) is 0 Å². The minimum atomic E-state index is 0.565. The van der Waals surface area contributed by atoms with Crippen LogP contribution in [-0.4, -0.2) is 21.3 Å². The molecule has 0 N–H and O–H groups in total. The normalized spacial score (nSPS) is 9.54. The van der Waals surface area contributed by atoms with Gasteiger partial charge in [0.1, 0.15) is 0 Å². The third-order valence-corrected chi connectivity index (χ3v) is 2.18. The Hall–Kier alpha value is -0.900. The van der Waals surface area contributed by atoms with Crippen LogP contribution in [0, 0.1) is 6.07 Å². The molecule has 0 aromatic heterocycles. The van der Waals surface area contributed by atoms with Crippen LogP contribution in [0.25, 0.3) is 0 Å². The molecule has 1 aromatic carbocycles. The molecule has 0 heterocycles. The van der Waals surface area contributed by atoms with Gasteiger partial charge in [0.05, 0.1) is 25.8 Å². The molecule has 0 fully saturated rings. The molecule has 4 heteroatoms. The molecule has 0 saturated heterocycles. The Labute approximate surface area is 85.7 Å². The maximum atomic E-state index is 5.14. The van der Waals surface area contributed by atoms with Gasteiger partial charge < -0.3 is 14.2 Å². The SMILES string of the molecule is COc1c[c]c(Br)c(OC)c1OC. The zero-order chi connectivity index (χ0) is 9.84. The molecule has 0 bridgehead atoms. The minimum absolute atomic E-state index is 0.565. The van der Waals surface area contributed by atoms with Crippen molar-refractivity contribution in [1.82, 2.24) is 0 Å². The van der Waals surface area contributed by atoms with E-state index in [9.17, 15) is 0 Å². The molecule has 3 nitrogen and oxygen atoms in total. The van der Waals surface area contributed by atoms with Gasteiger partial charge in [0, 0.05) is 6.07 Å². The van der Waals surface area contributed by atoms with E-state index in [1.54, 1.807) is 27.4 Å². The molecule has 13 heavy (non-hydrogen) atoms. The first-order chi connectivity index (χ1) is 6.24. The van der Waals surface area contributed by atoms with Crippen molar-refractivity contribution in [3.8, 4) is 17.2 Å². The van der Waals surface area contributed by atoms with E-state index in [0.717, 1.165) is 0 Å². The molecular formula is C9H10BrO3. The van der Waals surface area contributed by atoms with Crippen LogP contribution >= 0.6 is 15.9 Å². The van der Waals surface area contributed by atoms with Gasteiger partial charge in [-0.15, -0.1) is 0 Å². The van der Waals surface area contributed by atoms with Crippen LogP contribution in [0.15, 0.2) is 10.5 Å². The molecule has 0 saturated carbocycles. The summed E-state index contributed by atoms with van der Waals surface area (Å²) >= 11 is 3.30. The van der Waals surface area contributed by atoms with E-state index in [2.05, 4.69) is 22.0 Å². The Bertz CT molecular complexity index is 299. The Balaban J connectivity index is 3.27. The van der Waals surface area contributed by atoms with Crippen molar-refractivity contribution < 1.29 is 14.2 Å². The minimum Gasteiger partial charge on any atom is -0.493 e. The van der Waals surface area contributed by atoms with E-state index in [-0.39, 0.29) is 0 Å². The van der Waals surface area contributed by atoms with Gasteiger partial charge in [-0.25, -0.2) is 0 Å². The summed E-state index contributed by atoms with van der Waals surface area (Å²) < 4.78 is 16.1. The molecule has 1 rings (SSSR count). The molecule has 0 amide bonds. The fourth-order valence-electron chi connectivity index (χ4n) is 0.999. The molecule has 0 aliphatic carbocycles. The lowest BCUT2D eigenvalue weighted by molar-refractivity contribution is 0.323. The number of methoxy groups -OCH3 is 3. The van der Waals surface area contributed by atoms with Crippen molar-refractivity contribution >= 4 is 15.9 Å². The highest BCUT2D eigenvalue weighted by Gasteiger charge is 2.13. The van der Waals surface area contributed by atoms with Crippen molar-refractivity contribution in [3.05, 3.63) is 16.6 Å². The molecule has 71 valence electrons. The van der Waals surface area contributed by atoms with Gasteiger partial charge in [-0.2, -0.15) is 0 Å². The molecule has 0 unspecified atom stereocenters. The number of rotatable bonds is 3. The van der Waals surface area contributed by atoms with E-state index in [1.165, 1.54) is 0 Å². The maximum Gasteiger partial charge on any atom is 0.204 e. The summed E-state index contributed by atoms with van der Waals surface area (Å²) in [5.41, 5.74) is 0. The Morgan fingerprint density at radius 3 is 2.15 bits per heavy atom. The number of halogens is 1. The highest BCUT2D eigenvalue weighted by molar-refractivity contribution is 9.10. The summed E-state index contributed by atoms with van der Waals surface area (Å²) in [6.45, 7) is 0. The van der Waals surface area contributed by atoms with Gasteiger partial charge in [-0.3, -0.25) is 0 Å². The monoisotopic (exact) mass is 245 g/mol. The van der Waals surface area contributed by atoms with E-state index < -0.39 is 0 Å². The summed E-state index contributed by atoms with van der Waals surface area (Å²) in [5.74, 6) is 1.75. The van der Waals surface area contributed by atoms with Crippen molar-refractivity contribution in [2.45, 2.75) is 0 Å². The van der Waals surface area contributed by atoms with Crippen molar-refractivity contribution in [1.29, 1.82) is 0 Å². The van der Waals surface area contributed by atoms with Crippen LogP contribution in [0.5, 0.6) is 17.2 Å². The summed E-state index contributed by atoms with van der Waals surface area (Å²) in [7, 11) is 4.70. The summed E-state index contributed by atoms with van der Waals surface area (Å²) in [4.78, 5) is 0. The first kappa shape index (κ1) is 10.2. The van der Waals surface area contributed by atoms with E-state index in [1.807, 2.05) is 0 Å². The van der Waals surface area contributed by atoms with E-state index in [0.29, 0.717) is 21.7 Å². The third-order valence-electron chi connectivity index (χ3n) is 1.59. The van der Waals surface area contributed by atoms with Crippen LogP contribution in [0.4, 0.5) is 0 Å². The Kier molecular flexibility index (Phi) is 3.42. The van der Waals surface area contributed by atoms with E-state index in [4.69, 9.17) is 14.2 Å². The van der Waals surface area contributed by atoms with Crippen LogP contribution in [0.3, 0.4) is 0 Å². The number of hydrogen-bond acceptors (Lipinski definition) is 3. The highest BCUT2D eigenvalue weighted by atomic mass is 79.9. The van der Waals surface area contributed by atoms with Crippen LogP contribution in [0.1, 0.15) is 0 Å². The lowest BCUT2D eigenvalue weighted by atomic mass is 10.3. The Morgan fingerprint density at radius 1 is 1.08 bits per heavy atom. The first-order valence-electron chi connectivity index (χ1n) is 3.60. The second kappa shape index (κ2) is 4.37. The predicted octanol–water partition coefficient (Wildman–Crippen LogP) is 2.28. The standard InChI is InChI=1S/C9H10BrO3/c1-11-7-5-4-6(10)8(12-2)9(7)13-3/h5H,1-3H3. The van der Waals surface area contributed by atoms with Gasteiger partial charge in [0.15, 0.2) is 11.5 Å². The number of benzene rings is 1. The second-order valence-corrected chi connectivity index (χ2v) is 3.03. The number of ether oxygens (including phenoxy) is 3. The van der Waals surface area contributed by atoms with Gasteiger partial charge in [0.25, 0.3) is 0 Å². The average Bonchev–Trinajstić information content (AvgIpc) is 2.17. The number of hydrogen-bond donors (Lipinski definition) is 0. The van der Waals surface area contributed by atoms with Gasteiger partial charge >= 0.3 is 0 Å². The molecule has 0 atom stereocenters. The lowest BCUT2D eigenvalue weighted by Gasteiger charge is -2.12. The maximum absolute atomic E-state index is 5.14. The quantitative estimate of drug-likeness (QED) is 0.818. The predicted molar refractivity (Wildman–Crippen MR) is 52.6 cm³/mol. The third kappa shape index (κ3) is 1.88. The van der Waals surface area contributed by atoms with E-state index >= 15 is 0 Å². The van der Waals surface area contributed by atoms with Crippen molar-refractivity contribution in [3.63, 3.8) is 0 Å². The molecule has 1 aromatic rings. The second-order valence-electron chi connectivity index (χ2n) is 2.24. The average molecular weight is 246 g/mol. The lowest BCUT2D eigenvalue weighted by Crippen LogP contribution is -1.95. The summed E-state index contributed by atoms with van der Waals surface area (Å²) in [5, 5.41) is 0. The van der Waals surface area contributed by atoms with Gasteiger partial charge in [0.2, 0.25) is 5.75 Å². The van der Waals surface area contributed by atoms with Gasteiger partial charge in [-0.1, -0.05) is 0 Å².